The van der Waals surface area contributed by atoms with E-state index in [0.29, 0.717) is 6.10 Å². The van der Waals surface area contributed by atoms with E-state index in [0.717, 1.165) is 25.6 Å². The zero-order chi connectivity index (χ0) is 9.10. The Morgan fingerprint density at radius 3 is 3.15 bits per heavy atom. The third kappa shape index (κ3) is 2.39. The standard InChI is InChI=1S/C10H19NOS/c1-2-10-7-11(4-5-12-10)9-3-6-13-8-9/h9-10H,2-8H2,1H3. The molecule has 0 aromatic rings. The number of morpholine rings is 1. The number of ether oxygens (including phenoxy) is 1. The molecular formula is C10H19NOS. The molecule has 2 aliphatic rings. The van der Waals surface area contributed by atoms with Crippen LogP contribution in [0, 0.1) is 0 Å². The molecule has 0 radical (unpaired) electrons. The van der Waals surface area contributed by atoms with Crippen molar-refractivity contribution in [1.29, 1.82) is 0 Å². The lowest BCUT2D eigenvalue weighted by Gasteiger charge is -2.36. The van der Waals surface area contributed by atoms with E-state index in [1.807, 2.05) is 0 Å². The quantitative estimate of drug-likeness (QED) is 0.673. The minimum absolute atomic E-state index is 0.499. The van der Waals surface area contributed by atoms with Crippen LogP contribution in [-0.2, 0) is 4.74 Å². The van der Waals surface area contributed by atoms with Crippen molar-refractivity contribution in [2.75, 3.05) is 31.2 Å². The number of thioether (sulfide) groups is 1. The smallest absolute Gasteiger partial charge is 0.0700 e. The summed E-state index contributed by atoms with van der Waals surface area (Å²) < 4.78 is 5.67. The first-order valence-electron chi connectivity index (χ1n) is 5.33. The summed E-state index contributed by atoms with van der Waals surface area (Å²) in [6.45, 7) is 5.49. The third-order valence-corrected chi connectivity index (χ3v) is 4.19. The van der Waals surface area contributed by atoms with E-state index < -0.39 is 0 Å². The maximum Gasteiger partial charge on any atom is 0.0700 e. The second-order valence-electron chi connectivity index (χ2n) is 3.91. The Labute approximate surface area is 85.0 Å². The predicted octanol–water partition coefficient (Wildman–Crippen LogP) is 1.60. The van der Waals surface area contributed by atoms with Crippen molar-refractivity contribution >= 4 is 11.8 Å². The molecule has 3 heteroatoms. The first kappa shape index (κ1) is 9.81. The van der Waals surface area contributed by atoms with Crippen LogP contribution in [-0.4, -0.2) is 48.2 Å². The molecule has 2 saturated heterocycles. The highest BCUT2D eigenvalue weighted by molar-refractivity contribution is 7.99. The lowest BCUT2D eigenvalue weighted by atomic mass is 10.1. The molecule has 0 aromatic carbocycles. The molecule has 0 saturated carbocycles. The van der Waals surface area contributed by atoms with E-state index in [-0.39, 0.29) is 0 Å². The van der Waals surface area contributed by atoms with Crippen LogP contribution in [0.5, 0.6) is 0 Å². The van der Waals surface area contributed by atoms with Gasteiger partial charge in [0, 0.05) is 24.9 Å². The van der Waals surface area contributed by atoms with Gasteiger partial charge in [-0.05, 0) is 18.6 Å². The van der Waals surface area contributed by atoms with Crippen LogP contribution in [0.4, 0.5) is 0 Å². The zero-order valence-corrected chi connectivity index (χ0v) is 9.18. The van der Waals surface area contributed by atoms with Crippen LogP contribution in [0.2, 0.25) is 0 Å². The maximum absolute atomic E-state index is 5.67. The minimum atomic E-state index is 0.499. The van der Waals surface area contributed by atoms with Gasteiger partial charge >= 0.3 is 0 Å². The first-order valence-corrected chi connectivity index (χ1v) is 6.49. The van der Waals surface area contributed by atoms with Gasteiger partial charge in [0.25, 0.3) is 0 Å². The molecule has 0 aliphatic carbocycles. The summed E-state index contributed by atoms with van der Waals surface area (Å²) >= 11 is 2.10. The van der Waals surface area contributed by atoms with Crippen molar-refractivity contribution in [3.63, 3.8) is 0 Å². The lowest BCUT2D eigenvalue weighted by molar-refractivity contribution is -0.0408. The van der Waals surface area contributed by atoms with E-state index in [1.165, 1.54) is 24.5 Å². The summed E-state index contributed by atoms with van der Waals surface area (Å²) in [7, 11) is 0. The minimum Gasteiger partial charge on any atom is -0.376 e. The maximum atomic E-state index is 5.67. The molecule has 13 heavy (non-hydrogen) atoms. The van der Waals surface area contributed by atoms with Gasteiger partial charge < -0.3 is 4.74 Å². The number of hydrogen-bond acceptors (Lipinski definition) is 3. The molecule has 2 rings (SSSR count). The van der Waals surface area contributed by atoms with Crippen molar-refractivity contribution < 1.29 is 4.74 Å². The first-order chi connectivity index (χ1) is 6.40. The second-order valence-corrected chi connectivity index (χ2v) is 5.06. The molecule has 2 nitrogen and oxygen atoms in total. The topological polar surface area (TPSA) is 12.5 Å². The van der Waals surface area contributed by atoms with Crippen LogP contribution in [0.25, 0.3) is 0 Å². The van der Waals surface area contributed by atoms with Crippen molar-refractivity contribution in [1.82, 2.24) is 4.90 Å². The SMILES string of the molecule is CCC1CN(C2CCSC2)CCO1. The molecule has 2 heterocycles. The Morgan fingerprint density at radius 1 is 1.54 bits per heavy atom. The largest absolute Gasteiger partial charge is 0.376 e. The molecule has 0 N–H and O–H groups in total. The monoisotopic (exact) mass is 201 g/mol. The van der Waals surface area contributed by atoms with Crippen molar-refractivity contribution in [3.05, 3.63) is 0 Å². The van der Waals surface area contributed by atoms with E-state index in [9.17, 15) is 0 Å². The van der Waals surface area contributed by atoms with Gasteiger partial charge in [0.15, 0.2) is 0 Å². The summed E-state index contributed by atoms with van der Waals surface area (Å²) in [5, 5.41) is 0. The summed E-state index contributed by atoms with van der Waals surface area (Å²) in [5.41, 5.74) is 0. The molecule has 2 atom stereocenters. The van der Waals surface area contributed by atoms with Gasteiger partial charge in [0.1, 0.15) is 0 Å². The number of hydrogen-bond donors (Lipinski definition) is 0. The van der Waals surface area contributed by atoms with Gasteiger partial charge in [-0.25, -0.2) is 0 Å². The molecule has 0 amide bonds. The van der Waals surface area contributed by atoms with Gasteiger partial charge in [-0.15, -0.1) is 0 Å². The summed E-state index contributed by atoms with van der Waals surface area (Å²) in [6.07, 6.45) is 3.05. The number of rotatable bonds is 2. The van der Waals surface area contributed by atoms with Crippen LogP contribution < -0.4 is 0 Å². The van der Waals surface area contributed by atoms with Crippen LogP contribution in [0.1, 0.15) is 19.8 Å². The van der Waals surface area contributed by atoms with E-state index in [1.54, 1.807) is 0 Å². The van der Waals surface area contributed by atoms with Gasteiger partial charge in [-0.1, -0.05) is 6.92 Å². The molecule has 76 valence electrons. The molecular weight excluding hydrogens is 182 g/mol. The Kier molecular flexibility index (Phi) is 3.52. The molecule has 0 spiro atoms. The fourth-order valence-electron chi connectivity index (χ4n) is 2.13. The second kappa shape index (κ2) is 4.67. The average molecular weight is 201 g/mol. The van der Waals surface area contributed by atoms with Crippen molar-refractivity contribution in [2.45, 2.75) is 31.9 Å². The molecule has 2 fully saturated rings. The Hall–Kier alpha value is 0.270. The van der Waals surface area contributed by atoms with Gasteiger partial charge in [0.2, 0.25) is 0 Å². The normalized spacial score (nSPS) is 36.7. The van der Waals surface area contributed by atoms with E-state index in [2.05, 4.69) is 23.6 Å². The van der Waals surface area contributed by atoms with Crippen LogP contribution in [0.3, 0.4) is 0 Å². The zero-order valence-electron chi connectivity index (χ0n) is 8.37. The average Bonchev–Trinajstić information content (AvgIpc) is 2.71. The van der Waals surface area contributed by atoms with Gasteiger partial charge in [0.05, 0.1) is 12.7 Å². The highest BCUT2D eigenvalue weighted by Crippen LogP contribution is 2.24. The van der Waals surface area contributed by atoms with Gasteiger partial charge in [-0.2, -0.15) is 11.8 Å². The van der Waals surface area contributed by atoms with Crippen molar-refractivity contribution in [3.8, 4) is 0 Å². The summed E-state index contributed by atoms with van der Waals surface area (Å²) in [5.74, 6) is 2.70. The Morgan fingerprint density at radius 2 is 2.46 bits per heavy atom. The van der Waals surface area contributed by atoms with E-state index >= 15 is 0 Å². The highest BCUT2D eigenvalue weighted by Gasteiger charge is 2.27. The Bertz CT molecular complexity index is 159. The molecule has 2 unspecified atom stereocenters. The molecule has 0 bridgehead atoms. The molecule has 2 aliphatic heterocycles. The number of nitrogens with zero attached hydrogens (tertiary/aromatic N) is 1. The highest BCUT2D eigenvalue weighted by atomic mass is 32.2. The predicted molar refractivity (Wildman–Crippen MR) is 57.3 cm³/mol. The van der Waals surface area contributed by atoms with E-state index in [4.69, 9.17) is 4.74 Å². The third-order valence-electron chi connectivity index (χ3n) is 3.05. The van der Waals surface area contributed by atoms with Crippen LogP contribution >= 0.6 is 11.8 Å². The fraction of sp³-hybridized carbons (Fsp3) is 1.00. The lowest BCUT2D eigenvalue weighted by Crippen LogP contribution is -2.47. The Balaban J connectivity index is 1.84. The fourth-order valence-corrected chi connectivity index (χ4v) is 3.39. The summed E-state index contributed by atoms with van der Waals surface area (Å²) in [6, 6.07) is 0.850. The molecule has 0 aromatic heterocycles. The van der Waals surface area contributed by atoms with Crippen LogP contribution in [0.15, 0.2) is 0 Å². The van der Waals surface area contributed by atoms with Crippen molar-refractivity contribution in [2.24, 2.45) is 0 Å². The van der Waals surface area contributed by atoms with Gasteiger partial charge in [-0.3, -0.25) is 4.90 Å². The summed E-state index contributed by atoms with van der Waals surface area (Å²) in [4.78, 5) is 2.64.